The maximum absolute atomic E-state index is 12.8. The van der Waals surface area contributed by atoms with Crippen molar-refractivity contribution in [2.24, 2.45) is 0 Å². The van der Waals surface area contributed by atoms with Gasteiger partial charge in [-0.15, -0.1) is 0 Å². The first-order valence-electron chi connectivity index (χ1n) is 9.65. The van der Waals surface area contributed by atoms with E-state index < -0.39 is 10.0 Å². The normalized spacial score (nSPS) is 14.5. The van der Waals surface area contributed by atoms with Crippen molar-refractivity contribution in [1.29, 1.82) is 0 Å². The van der Waals surface area contributed by atoms with Crippen molar-refractivity contribution >= 4 is 33.2 Å². The Balaban J connectivity index is 1.70. The number of carbonyl (C=O) groups is 1. The minimum Gasteiger partial charge on any atom is -0.496 e. The summed E-state index contributed by atoms with van der Waals surface area (Å²) in [5.41, 5.74) is 1.23. The molecular weight excluding hydrogens is 428 g/mol. The molecule has 0 atom stereocenters. The van der Waals surface area contributed by atoms with Crippen LogP contribution < -0.4 is 14.8 Å². The zero-order valence-corrected chi connectivity index (χ0v) is 18.6. The van der Waals surface area contributed by atoms with Gasteiger partial charge in [0.1, 0.15) is 11.5 Å². The number of rotatable bonds is 8. The predicted octanol–water partition coefficient (Wildman–Crippen LogP) is 3.71. The molecule has 3 rings (SSSR count). The van der Waals surface area contributed by atoms with Crippen LogP contribution in [-0.2, 0) is 21.2 Å². The summed E-state index contributed by atoms with van der Waals surface area (Å²) in [6, 6.07) is 9.78. The number of carbonyl (C=O) groups excluding carboxylic acids is 1. The zero-order chi connectivity index (χ0) is 21.7. The lowest BCUT2D eigenvalue weighted by Crippen LogP contribution is -2.28. The SMILES string of the molecule is COc1ccc(NC(=O)CCc2cc(S(=O)(=O)N3CCCC3)ccc2OC)cc1Cl. The summed E-state index contributed by atoms with van der Waals surface area (Å²) < 4.78 is 37.6. The van der Waals surface area contributed by atoms with Crippen molar-refractivity contribution < 1.29 is 22.7 Å². The quantitative estimate of drug-likeness (QED) is 0.659. The van der Waals surface area contributed by atoms with Gasteiger partial charge in [0.15, 0.2) is 0 Å². The molecule has 1 saturated heterocycles. The Morgan fingerprint density at radius 2 is 1.73 bits per heavy atom. The van der Waals surface area contributed by atoms with Crippen LogP contribution >= 0.6 is 11.6 Å². The first-order chi connectivity index (χ1) is 14.3. The summed E-state index contributed by atoms with van der Waals surface area (Å²) in [4.78, 5) is 12.6. The lowest BCUT2D eigenvalue weighted by molar-refractivity contribution is -0.116. The topological polar surface area (TPSA) is 84.9 Å². The van der Waals surface area contributed by atoms with E-state index in [1.54, 1.807) is 36.4 Å². The van der Waals surface area contributed by atoms with Gasteiger partial charge in [-0.3, -0.25) is 4.79 Å². The van der Waals surface area contributed by atoms with Crippen molar-refractivity contribution in [3.63, 3.8) is 0 Å². The molecule has 1 aliphatic rings. The maximum Gasteiger partial charge on any atom is 0.243 e. The van der Waals surface area contributed by atoms with Gasteiger partial charge in [-0.05, 0) is 61.2 Å². The van der Waals surface area contributed by atoms with Gasteiger partial charge >= 0.3 is 0 Å². The van der Waals surface area contributed by atoms with Crippen molar-refractivity contribution in [2.45, 2.75) is 30.6 Å². The number of benzene rings is 2. The molecule has 7 nitrogen and oxygen atoms in total. The summed E-state index contributed by atoms with van der Waals surface area (Å²) in [7, 11) is -0.495. The number of nitrogens with one attached hydrogen (secondary N) is 1. The highest BCUT2D eigenvalue weighted by Crippen LogP contribution is 2.29. The van der Waals surface area contributed by atoms with E-state index in [-0.39, 0.29) is 17.2 Å². The molecule has 1 N–H and O–H groups in total. The number of halogens is 1. The lowest BCUT2D eigenvalue weighted by atomic mass is 10.1. The van der Waals surface area contributed by atoms with Crippen LogP contribution in [0.5, 0.6) is 11.5 Å². The Hall–Kier alpha value is -2.29. The highest BCUT2D eigenvalue weighted by molar-refractivity contribution is 7.89. The van der Waals surface area contributed by atoms with Crippen LogP contribution in [0.25, 0.3) is 0 Å². The molecule has 0 aliphatic carbocycles. The van der Waals surface area contributed by atoms with Crippen molar-refractivity contribution in [3.05, 3.63) is 47.0 Å². The number of aryl methyl sites for hydroxylation is 1. The summed E-state index contributed by atoms with van der Waals surface area (Å²) in [5, 5.41) is 3.18. The first-order valence-corrected chi connectivity index (χ1v) is 11.5. The monoisotopic (exact) mass is 452 g/mol. The third-order valence-electron chi connectivity index (χ3n) is 5.01. The predicted molar refractivity (Wildman–Crippen MR) is 116 cm³/mol. The molecule has 0 saturated carbocycles. The fraction of sp³-hybridized carbons (Fsp3) is 0.381. The van der Waals surface area contributed by atoms with Gasteiger partial charge in [-0.25, -0.2) is 8.42 Å². The molecular formula is C21H25ClN2O5S. The zero-order valence-electron chi connectivity index (χ0n) is 17.0. The average Bonchev–Trinajstić information content (AvgIpc) is 3.28. The van der Waals surface area contributed by atoms with Gasteiger partial charge in [0.05, 0.1) is 24.1 Å². The molecule has 0 spiro atoms. The molecule has 162 valence electrons. The molecule has 2 aromatic rings. The standard InChI is InChI=1S/C21H25ClN2O5S/c1-28-19-9-7-17(30(26,27)24-11-3-4-12-24)13-15(19)5-10-21(25)23-16-6-8-20(29-2)18(22)14-16/h6-9,13-14H,3-5,10-12H2,1-2H3,(H,23,25). The minimum absolute atomic E-state index is 0.160. The maximum atomic E-state index is 12.8. The van der Waals surface area contributed by atoms with Gasteiger partial charge in [-0.2, -0.15) is 4.31 Å². The van der Waals surface area contributed by atoms with Gasteiger partial charge in [0.2, 0.25) is 15.9 Å². The highest BCUT2D eigenvalue weighted by Gasteiger charge is 2.27. The number of amides is 1. The van der Waals surface area contributed by atoms with E-state index in [1.807, 2.05) is 0 Å². The summed E-state index contributed by atoms with van der Waals surface area (Å²) >= 11 is 6.09. The van der Waals surface area contributed by atoms with E-state index in [1.165, 1.54) is 18.5 Å². The van der Waals surface area contributed by atoms with E-state index in [2.05, 4.69) is 5.32 Å². The number of methoxy groups -OCH3 is 2. The molecule has 0 aromatic heterocycles. The van der Waals surface area contributed by atoms with Gasteiger partial charge in [-0.1, -0.05) is 11.6 Å². The van der Waals surface area contributed by atoms with E-state index >= 15 is 0 Å². The lowest BCUT2D eigenvalue weighted by Gasteiger charge is -2.17. The number of nitrogens with zero attached hydrogens (tertiary/aromatic N) is 1. The molecule has 1 aliphatic heterocycles. The van der Waals surface area contributed by atoms with Crippen LogP contribution in [0, 0.1) is 0 Å². The smallest absolute Gasteiger partial charge is 0.243 e. The van der Waals surface area contributed by atoms with Crippen LogP contribution in [0.2, 0.25) is 5.02 Å². The molecule has 1 amide bonds. The largest absolute Gasteiger partial charge is 0.496 e. The number of ether oxygens (including phenoxy) is 2. The Morgan fingerprint density at radius 3 is 2.37 bits per heavy atom. The van der Waals surface area contributed by atoms with Gasteiger partial charge in [0, 0.05) is 25.2 Å². The van der Waals surface area contributed by atoms with E-state index in [0.717, 1.165) is 12.8 Å². The van der Waals surface area contributed by atoms with Gasteiger partial charge in [0.25, 0.3) is 0 Å². The van der Waals surface area contributed by atoms with Crippen LogP contribution in [0.15, 0.2) is 41.3 Å². The average molecular weight is 453 g/mol. The van der Waals surface area contributed by atoms with Crippen LogP contribution in [0.3, 0.4) is 0 Å². The molecule has 0 unspecified atom stereocenters. The number of hydrogen-bond acceptors (Lipinski definition) is 5. The van der Waals surface area contributed by atoms with Crippen molar-refractivity contribution in [3.8, 4) is 11.5 Å². The molecule has 9 heteroatoms. The van der Waals surface area contributed by atoms with E-state index in [4.69, 9.17) is 21.1 Å². The third kappa shape index (κ3) is 5.06. The fourth-order valence-electron chi connectivity index (χ4n) is 3.40. The number of anilines is 1. The molecule has 1 fully saturated rings. The van der Waals surface area contributed by atoms with Crippen LogP contribution in [-0.4, -0.2) is 45.9 Å². The third-order valence-corrected chi connectivity index (χ3v) is 7.20. The molecule has 1 heterocycles. The first kappa shape index (κ1) is 22.4. The number of sulfonamides is 1. The highest BCUT2D eigenvalue weighted by atomic mass is 35.5. The molecule has 30 heavy (non-hydrogen) atoms. The van der Waals surface area contributed by atoms with E-state index in [0.29, 0.717) is 47.3 Å². The van der Waals surface area contributed by atoms with Crippen LogP contribution in [0.1, 0.15) is 24.8 Å². The Bertz CT molecular complexity index is 1020. The van der Waals surface area contributed by atoms with Crippen LogP contribution in [0.4, 0.5) is 5.69 Å². The summed E-state index contributed by atoms with van der Waals surface area (Å²) in [6.07, 6.45) is 2.24. The second-order valence-corrected chi connectivity index (χ2v) is 9.33. The molecule has 0 bridgehead atoms. The van der Waals surface area contributed by atoms with E-state index in [9.17, 15) is 13.2 Å². The summed E-state index contributed by atoms with van der Waals surface area (Å²) in [6.45, 7) is 1.08. The Morgan fingerprint density at radius 1 is 1.07 bits per heavy atom. The minimum atomic E-state index is -3.53. The summed E-state index contributed by atoms with van der Waals surface area (Å²) in [5.74, 6) is 0.859. The second kappa shape index (κ2) is 9.68. The fourth-order valence-corrected chi connectivity index (χ4v) is 5.23. The number of hydrogen-bond donors (Lipinski definition) is 1. The molecule has 0 radical (unpaired) electrons. The molecule has 2 aromatic carbocycles. The second-order valence-electron chi connectivity index (χ2n) is 6.98. The van der Waals surface area contributed by atoms with Gasteiger partial charge < -0.3 is 14.8 Å². The Labute approximate surface area is 182 Å². The van der Waals surface area contributed by atoms with Crippen molar-refractivity contribution in [2.75, 3.05) is 32.6 Å². The Kier molecular flexibility index (Phi) is 7.23. The van der Waals surface area contributed by atoms with Crippen molar-refractivity contribution in [1.82, 2.24) is 4.31 Å².